The average Bonchev–Trinajstić information content (AvgIpc) is 3.04. The van der Waals surface area contributed by atoms with Crippen molar-refractivity contribution in [3.05, 3.63) is 76.1 Å². The molecule has 1 N–H and O–H groups in total. The van der Waals surface area contributed by atoms with Gasteiger partial charge >= 0.3 is 5.97 Å². The van der Waals surface area contributed by atoms with Crippen molar-refractivity contribution < 1.29 is 32.9 Å². The summed E-state index contributed by atoms with van der Waals surface area (Å²) in [6.07, 6.45) is 13.3. The van der Waals surface area contributed by atoms with Crippen LogP contribution in [-0.4, -0.2) is 79.9 Å². The van der Waals surface area contributed by atoms with Crippen LogP contribution < -0.4 is 5.32 Å². The number of amidine groups is 1. The van der Waals surface area contributed by atoms with E-state index in [4.69, 9.17) is 53.1 Å². The van der Waals surface area contributed by atoms with E-state index in [0.717, 1.165) is 0 Å². The maximum Gasteiger partial charge on any atom is 0.339 e. The summed E-state index contributed by atoms with van der Waals surface area (Å²) in [5.74, 6) is 2.51. The Balaban J connectivity index is 1.43. The van der Waals surface area contributed by atoms with Gasteiger partial charge in [0.05, 0.1) is 7.11 Å². The van der Waals surface area contributed by atoms with Crippen LogP contribution in [-0.2, 0) is 28.5 Å². The Morgan fingerprint density at radius 1 is 1.16 bits per heavy atom. The molecule has 3 aliphatic heterocycles. The summed E-state index contributed by atoms with van der Waals surface area (Å²) in [6.45, 7) is 1.04. The summed E-state index contributed by atoms with van der Waals surface area (Å²) >= 11 is 6.48. The molecule has 0 saturated carbocycles. The smallest absolute Gasteiger partial charge is 0.339 e. The minimum absolute atomic E-state index is 0.00753. The number of benzene rings is 1. The number of halogens is 2. The number of esters is 1. The molecule has 1 aromatic heterocycles. The molecule has 10 nitrogen and oxygen atoms in total. The number of hydrogen-bond donors (Lipinski definition) is 1. The SMILES string of the molecule is C#CCOC1(OCC#C)COC2(CCN(C3=C(C(=O)OC)C(c4ccc(F)cc4Cl)N=C(c4ccccn4)N3)CC2)OC1. The van der Waals surface area contributed by atoms with Crippen molar-refractivity contribution in [1.29, 1.82) is 0 Å². The second-order valence-corrected chi connectivity index (χ2v) is 10.4. The zero-order chi connectivity index (χ0) is 30.5. The third-order valence-corrected chi connectivity index (χ3v) is 7.71. The van der Waals surface area contributed by atoms with E-state index in [-0.39, 0.29) is 37.0 Å². The molecule has 12 heteroatoms. The molecule has 0 aliphatic carbocycles. The Kier molecular flexibility index (Phi) is 9.31. The predicted octanol–water partition coefficient (Wildman–Crippen LogP) is 3.18. The maximum absolute atomic E-state index is 14.0. The lowest BCUT2D eigenvalue weighted by atomic mass is 9.95. The number of likely N-dealkylation sites (tertiary alicyclic amines) is 1. The van der Waals surface area contributed by atoms with Gasteiger partial charge in [-0.05, 0) is 24.3 Å². The molecular formula is C31H30ClFN4O6. The summed E-state index contributed by atoms with van der Waals surface area (Å²) in [5, 5.41) is 3.43. The van der Waals surface area contributed by atoms with Crippen LogP contribution in [0.2, 0.25) is 5.02 Å². The summed E-state index contributed by atoms with van der Waals surface area (Å²) in [5.41, 5.74) is 1.22. The molecule has 224 valence electrons. The Morgan fingerprint density at radius 3 is 2.44 bits per heavy atom. The van der Waals surface area contributed by atoms with E-state index in [9.17, 15) is 9.18 Å². The number of rotatable bonds is 8. The maximum atomic E-state index is 14.0. The van der Waals surface area contributed by atoms with Crippen LogP contribution in [0.15, 0.2) is 59.0 Å². The number of terminal acetylenes is 2. The summed E-state index contributed by atoms with van der Waals surface area (Å²) in [6, 6.07) is 8.49. The van der Waals surface area contributed by atoms with Gasteiger partial charge in [0.1, 0.15) is 55.4 Å². The summed E-state index contributed by atoms with van der Waals surface area (Å²) in [7, 11) is 1.29. The van der Waals surface area contributed by atoms with Crippen molar-refractivity contribution in [3.8, 4) is 24.7 Å². The number of pyridine rings is 1. The number of nitrogens with zero attached hydrogens (tertiary/aromatic N) is 3. The van der Waals surface area contributed by atoms with Crippen LogP contribution >= 0.6 is 11.6 Å². The Bertz CT molecular complexity index is 1460. The zero-order valence-corrected chi connectivity index (χ0v) is 24.2. The van der Waals surface area contributed by atoms with Crippen LogP contribution in [0.4, 0.5) is 4.39 Å². The van der Waals surface area contributed by atoms with Crippen LogP contribution in [0.5, 0.6) is 0 Å². The van der Waals surface area contributed by atoms with Gasteiger partial charge in [0.15, 0.2) is 11.6 Å². The van der Waals surface area contributed by atoms with E-state index >= 15 is 0 Å². The van der Waals surface area contributed by atoms with Crippen molar-refractivity contribution in [1.82, 2.24) is 15.2 Å². The quantitative estimate of drug-likeness (QED) is 0.275. The third kappa shape index (κ3) is 6.52. The highest BCUT2D eigenvalue weighted by Crippen LogP contribution is 2.40. The normalized spacial score (nSPS) is 20.9. The number of piperidine rings is 1. The molecule has 43 heavy (non-hydrogen) atoms. The number of hydrogen-bond acceptors (Lipinski definition) is 10. The molecule has 1 unspecified atom stereocenters. The van der Waals surface area contributed by atoms with E-state index < -0.39 is 29.4 Å². The molecule has 0 amide bonds. The van der Waals surface area contributed by atoms with Crippen molar-refractivity contribution in [3.63, 3.8) is 0 Å². The van der Waals surface area contributed by atoms with Gasteiger partial charge in [-0.2, -0.15) is 0 Å². The second-order valence-electron chi connectivity index (χ2n) is 10.0. The van der Waals surface area contributed by atoms with Crippen LogP contribution in [0.3, 0.4) is 0 Å². The summed E-state index contributed by atoms with van der Waals surface area (Å²) < 4.78 is 43.0. The lowest BCUT2D eigenvalue weighted by Crippen LogP contribution is -2.60. The van der Waals surface area contributed by atoms with E-state index in [1.54, 1.807) is 18.3 Å². The number of carbonyl (C=O) groups is 1. The van der Waals surface area contributed by atoms with E-state index in [0.29, 0.717) is 48.8 Å². The average molecular weight is 609 g/mol. The van der Waals surface area contributed by atoms with Gasteiger partial charge < -0.3 is 33.9 Å². The van der Waals surface area contributed by atoms with Crippen molar-refractivity contribution in [2.24, 2.45) is 4.99 Å². The first-order valence-corrected chi connectivity index (χ1v) is 13.9. The van der Waals surface area contributed by atoms with Gasteiger partial charge in [-0.3, -0.25) is 9.98 Å². The highest BCUT2D eigenvalue weighted by Gasteiger charge is 2.49. The molecule has 0 bridgehead atoms. The standard InChI is InChI=1S/C31H30ClFN4O6/c1-4-16-40-31(41-17-5-2)19-42-30(43-20-31)11-14-37(15-12-30)28-25(29(38)39-3)26(22-10-9-21(33)18-23(22)32)35-27(36-28)24-8-6-7-13-34-24/h1-2,6-10,13,18,26H,11-12,14-17,19-20H2,3H3,(H,35,36). The van der Waals surface area contributed by atoms with Crippen molar-refractivity contribution >= 4 is 23.4 Å². The first kappa shape index (κ1) is 30.5. The molecule has 2 saturated heterocycles. The number of nitrogens with one attached hydrogen (secondary N) is 1. The highest BCUT2D eigenvalue weighted by atomic mass is 35.5. The molecule has 1 spiro atoms. The number of ether oxygens (including phenoxy) is 5. The van der Waals surface area contributed by atoms with Crippen molar-refractivity contribution in [2.75, 3.05) is 46.6 Å². The number of aliphatic imine (C=N–C) groups is 1. The number of carbonyl (C=O) groups excluding carboxylic acids is 1. The molecule has 0 radical (unpaired) electrons. The fourth-order valence-corrected chi connectivity index (χ4v) is 5.44. The van der Waals surface area contributed by atoms with Crippen molar-refractivity contribution in [2.45, 2.75) is 30.5 Å². The number of aromatic nitrogens is 1. The minimum atomic E-state index is -1.21. The molecular weight excluding hydrogens is 579 g/mol. The Labute approximate surface area is 254 Å². The monoisotopic (exact) mass is 608 g/mol. The summed E-state index contributed by atoms with van der Waals surface area (Å²) in [4.78, 5) is 24.5. The first-order chi connectivity index (χ1) is 20.8. The molecule has 3 aliphatic rings. The van der Waals surface area contributed by atoms with Gasteiger partial charge in [0, 0.05) is 42.7 Å². The molecule has 2 fully saturated rings. The largest absolute Gasteiger partial charge is 0.465 e. The molecule has 1 aromatic carbocycles. The fourth-order valence-electron chi connectivity index (χ4n) is 5.16. The van der Waals surface area contributed by atoms with Crippen LogP contribution in [0.1, 0.15) is 30.1 Å². The van der Waals surface area contributed by atoms with Gasteiger partial charge in [-0.1, -0.05) is 35.6 Å². The van der Waals surface area contributed by atoms with Gasteiger partial charge in [0.25, 0.3) is 0 Å². The molecule has 4 heterocycles. The van der Waals surface area contributed by atoms with E-state index in [1.807, 2.05) is 11.0 Å². The number of methoxy groups -OCH3 is 1. The van der Waals surface area contributed by atoms with E-state index in [1.165, 1.54) is 25.3 Å². The molecule has 5 rings (SSSR count). The topological polar surface area (TPSA) is 104 Å². The lowest BCUT2D eigenvalue weighted by molar-refractivity contribution is -0.388. The van der Waals surface area contributed by atoms with Gasteiger partial charge in [-0.25, -0.2) is 9.18 Å². The molecule has 2 aromatic rings. The Morgan fingerprint density at radius 2 is 1.86 bits per heavy atom. The van der Waals surface area contributed by atoms with Crippen LogP contribution in [0.25, 0.3) is 0 Å². The fraction of sp³-hybridized carbons (Fsp3) is 0.387. The van der Waals surface area contributed by atoms with Gasteiger partial charge in [-0.15, -0.1) is 12.8 Å². The Hall–Kier alpha value is -3.97. The van der Waals surface area contributed by atoms with E-state index in [2.05, 4.69) is 22.1 Å². The predicted molar refractivity (Wildman–Crippen MR) is 155 cm³/mol. The van der Waals surface area contributed by atoms with Gasteiger partial charge in [0.2, 0.25) is 5.79 Å². The van der Waals surface area contributed by atoms with Crippen LogP contribution in [0, 0.1) is 30.5 Å². The zero-order valence-electron chi connectivity index (χ0n) is 23.5. The molecule has 1 atom stereocenters. The lowest BCUT2D eigenvalue weighted by Gasteiger charge is -2.49. The highest BCUT2D eigenvalue weighted by molar-refractivity contribution is 6.31. The minimum Gasteiger partial charge on any atom is -0.465 e. The second kappa shape index (κ2) is 13.1. The first-order valence-electron chi connectivity index (χ1n) is 13.5. The third-order valence-electron chi connectivity index (χ3n) is 7.38.